The molecule has 0 spiro atoms. The van der Waals surface area contributed by atoms with Gasteiger partial charge in [0.1, 0.15) is 0 Å². The van der Waals surface area contributed by atoms with Crippen LogP contribution < -0.4 is 0 Å². The summed E-state index contributed by atoms with van der Waals surface area (Å²) in [5.41, 5.74) is 4.57. The molecule has 0 bridgehead atoms. The molecule has 2 aromatic heterocycles. The minimum absolute atomic E-state index is 0.0946. The standard InChI is InChI=1S/C19H17NO2S3/c21-25(22)18-2-1-14(15-4-6-24-12-15)7-16(18)17-9-20(10-19(17)25)8-13-3-5-23-11-13/h1-7,11-12,17,19H,8-10H2/t17-,19-/m0/s1. The van der Waals surface area contributed by atoms with Crippen LogP contribution in [0.5, 0.6) is 0 Å². The second-order valence-corrected chi connectivity index (χ2v) is 10.5. The van der Waals surface area contributed by atoms with Gasteiger partial charge in [-0.25, -0.2) is 8.42 Å². The smallest absolute Gasteiger partial charge is 0.183 e. The Labute approximate surface area is 155 Å². The molecule has 2 atom stereocenters. The highest BCUT2D eigenvalue weighted by molar-refractivity contribution is 7.92. The average molecular weight is 388 g/mol. The Morgan fingerprint density at radius 1 is 1.00 bits per heavy atom. The van der Waals surface area contributed by atoms with Crippen LogP contribution in [0.15, 0.2) is 56.7 Å². The van der Waals surface area contributed by atoms with E-state index in [1.54, 1.807) is 22.7 Å². The lowest BCUT2D eigenvalue weighted by atomic mass is 9.95. The largest absolute Gasteiger partial charge is 0.297 e. The first-order valence-electron chi connectivity index (χ1n) is 8.27. The van der Waals surface area contributed by atoms with Gasteiger partial charge >= 0.3 is 0 Å². The molecule has 5 rings (SSSR count). The number of likely N-dealkylation sites (tertiary alicyclic amines) is 1. The van der Waals surface area contributed by atoms with Crippen molar-refractivity contribution in [2.45, 2.75) is 22.6 Å². The monoisotopic (exact) mass is 387 g/mol. The molecule has 1 saturated heterocycles. The van der Waals surface area contributed by atoms with Crippen LogP contribution in [-0.4, -0.2) is 31.7 Å². The van der Waals surface area contributed by atoms with Gasteiger partial charge in [-0.1, -0.05) is 6.07 Å². The van der Waals surface area contributed by atoms with E-state index in [9.17, 15) is 8.42 Å². The van der Waals surface area contributed by atoms with Crippen molar-refractivity contribution >= 4 is 32.5 Å². The number of hydrogen-bond acceptors (Lipinski definition) is 5. The number of thiophene rings is 2. The molecule has 0 saturated carbocycles. The van der Waals surface area contributed by atoms with E-state index in [0.29, 0.717) is 11.4 Å². The summed E-state index contributed by atoms with van der Waals surface area (Å²) in [6.45, 7) is 2.29. The summed E-state index contributed by atoms with van der Waals surface area (Å²) in [5, 5.41) is 8.09. The molecule has 2 aliphatic rings. The summed E-state index contributed by atoms with van der Waals surface area (Å²) in [4.78, 5) is 2.84. The molecule has 2 aliphatic heterocycles. The van der Waals surface area contributed by atoms with Crippen molar-refractivity contribution in [3.63, 3.8) is 0 Å². The molecule has 0 N–H and O–H groups in total. The van der Waals surface area contributed by atoms with Crippen LogP contribution in [0, 0.1) is 0 Å². The fraction of sp³-hybridized carbons (Fsp3) is 0.263. The lowest BCUT2D eigenvalue weighted by Crippen LogP contribution is -2.25. The van der Waals surface area contributed by atoms with Gasteiger partial charge in [0.2, 0.25) is 0 Å². The third kappa shape index (κ3) is 2.51. The highest BCUT2D eigenvalue weighted by Gasteiger charge is 2.50. The van der Waals surface area contributed by atoms with E-state index in [0.717, 1.165) is 24.2 Å². The number of fused-ring (bicyclic) bond motifs is 3. The first-order valence-corrected chi connectivity index (χ1v) is 11.7. The van der Waals surface area contributed by atoms with Crippen molar-refractivity contribution in [3.05, 3.63) is 63.0 Å². The number of nitrogens with zero attached hydrogens (tertiary/aromatic N) is 1. The highest BCUT2D eigenvalue weighted by atomic mass is 32.2. The van der Waals surface area contributed by atoms with Crippen LogP contribution in [0.4, 0.5) is 0 Å². The van der Waals surface area contributed by atoms with Gasteiger partial charge in [0.05, 0.1) is 10.1 Å². The summed E-state index contributed by atoms with van der Waals surface area (Å²) in [6, 6.07) is 10.1. The Bertz CT molecular complexity index is 1010. The Morgan fingerprint density at radius 2 is 1.84 bits per heavy atom. The summed E-state index contributed by atoms with van der Waals surface area (Å²) in [6.07, 6.45) is 0. The van der Waals surface area contributed by atoms with Gasteiger partial charge in [0, 0.05) is 25.6 Å². The molecule has 0 amide bonds. The van der Waals surface area contributed by atoms with Crippen molar-refractivity contribution in [2.75, 3.05) is 13.1 Å². The SMILES string of the molecule is O=S1(=O)c2ccc(-c3ccsc3)cc2[C@@H]2CN(Cc3ccsc3)C[C@@H]21. The van der Waals surface area contributed by atoms with Gasteiger partial charge in [-0.15, -0.1) is 0 Å². The first kappa shape index (κ1) is 15.8. The van der Waals surface area contributed by atoms with E-state index >= 15 is 0 Å². The lowest BCUT2D eigenvalue weighted by Gasteiger charge is -2.16. The number of sulfone groups is 1. The molecule has 3 nitrogen and oxygen atoms in total. The summed E-state index contributed by atoms with van der Waals surface area (Å²) in [7, 11) is -3.22. The van der Waals surface area contributed by atoms with Crippen LogP contribution in [-0.2, 0) is 16.4 Å². The Morgan fingerprint density at radius 3 is 2.60 bits per heavy atom. The Kier molecular flexibility index (Phi) is 3.64. The molecule has 0 aliphatic carbocycles. The zero-order valence-electron chi connectivity index (χ0n) is 13.5. The Hall–Kier alpha value is -1.47. The minimum Gasteiger partial charge on any atom is -0.297 e. The molecule has 25 heavy (non-hydrogen) atoms. The van der Waals surface area contributed by atoms with E-state index in [4.69, 9.17) is 0 Å². The van der Waals surface area contributed by atoms with Crippen LogP contribution in [0.1, 0.15) is 17.0 Å². The molecular weight excluding hydrogens is 370 g/mol. The fourth-order valence-electron chi connectivity index (χ4n) is 4.10. The summed E-state index contributed by atoms with van der Waals surface area (Å²) in [5.74, 6) is 0.0946. The topological polar surface area (TPSA) is 37.4 Å². The van der Waals surface area contributed by atoms with Crippen molar-refractivity contribution in [3.8, 4) is 11.1 Å². The minimum atomic E-state index is -3.22. The summed E-state index contributed by atoms with van der Waals surface area (Å²) < 4.78 is 26.0. The van der Waals surface area contributed by atoms with Gasteiger partial charge in [0.15, 0.2) is 9.84 Å². The maximum absolute atomic E-state index is 13.0. The quantitative estimate of drug-likeness (QED) is 0.675. The molecule has 1 fully saturated rings. The van der Waals surface area contributed by atoms with Crippen LogP contribution in [0.3, 0.4) is 0 Å². The van der Waals surface area contributed by atoms with Gasteiger partial charge in [0.25, 0.3) is 0 Å². The van der Waals surface area contributed by atoms with Crippen LogP contribution >= 0.6 is 22.7 Å². The molecular formula is C19H17NO2S3. The zero-order valence-corrected chi connectivity index (χ0v) is 15.9. The lowest BCUT2D eigenvalue weighted by molar-refractivity contribution is 0.326. The highest BCUT2D eigenvalue weighted by Crippen LogP contribution is 2.46. The number of benzene rings is 1. The molecule has 0 radical (unpaired) electrons. The van der Waals surface area contributed by atoms with E-state index in [-0.39, 0.29) is 11.2 Å². The Balaban J connectivity index is 1.51. The molecule has 0 unspecified atom stereocenters. The van der Waals surface area contributed by atoms with E-state index in [1.165, 1.54) is 11.1 Å². The van der Waals surface area contributed by atoms with Gasteiger partial charge < -0.3 is 0 Å². The zero-order chi connectivity index (χ0) is 17.0. The predicted molar refractivity (Wildman–Crippen MR) is 103 cm³/mol. The van der Waals surface area contributed by atoms with Crippen molar-refractivity contribution in [2.24, 2.45) is 0 Å². The van der Waals surface area contributed by atoms with Crippen LogP contribution in [0.25, 0.3) is 11.1 Å². The third-order valence-electron chi connectivity index (χ3n) is 5.30. The van der Waals surface area contributed by atoms with Crippen molar-refractivity contribution < 1.29 is 8.42 Å². The second-order valence-electron chi connectivity index (χ2n) is 6.78. The normalized spacial score (nSPS) is 24.3. The average Bonchev–Trinajstić information content (AvgIpc) is 3.37. The predicted octanol–water partition coefficient (Wildman–Crippen LogP) is 4.23. The van der Waals surface area contributed by atoms with Gasteiger partial charge in [-0.3, -0.25) is 4.90 Å². The first-order chi connectivity index (χ1) is 12.1. The molecule has 6 heteroatoms. The number of rotatable bonds is 3. The van der Waals surface area contributed by atoms with E-state index in [1.807, 2.05) is 12.1 Å². The fourth-order valence-corrected chi connectivity index (χ4v) is 7.62. The third-order valence-corrected chi connectivity index (χ3v) is 8.97. The summed E-state index contributed by atoms with van der Waals surface area (Å²) >= 11 is 3.35. The van der Waals surface area contributed by atoms with Crippen molar-refractivity contribution in [1.82, 2.24) is 4.90 Å². The second kappa shape index (κ2) is 5.77. The molecule has 1 aromatic carbocycles. The molecule has 4 heterocycles. The van der Waals surface area contributed by atoms with E-state index in [2.05, 4.69) is 44.6 Å². The van der Waals surface area contributed by atoms with Crippen LogP contribution in [0.2, 0.25) is 0 Å². The molecule has 128 valence electrons. The maximum atomic E-state index is 13.0. The van der Waals surface area contributed by atoms with E-state index < -0.39 is 9.84 Å². The van der Waals surface area contributed by atoms with Crippen molar-refractivity contribution in [1.29, 1.82) is 0 Å². The molecule has 3 aromatic rings. The van der Waals surface area contributed by atoms with Gasteiger partial charge in [-0.2, -0.15) is 22.7 Å². The van der Waals surface area contributed by atoms with Gasteiger partial charge in [-0.05, 0) is 68.0 Å². The maximum Gasteiger partial charge on any atom is 0.183 e. The number of hydrogen-bond donors (Lipinski definition) is 0.